The van der Waals surface area contributed by atoms with Gasteiger partial charge in [0, 0.05) is 5.56 Å². The van der Waals surface area contributed by atoms with Gasteiger partial charge in [0.15, 0.2) is 11.6 Å². The average Bonchev–Trinajstić information content (AvgIpc) is 2.49. The van der Waals surface area contributed by atoms with Crippen molar-refractivity contribution < 1.29 is 23.0 Å². The van der Waals surface area contributed by atoms with E-state index in [-0.39, 0.29) is 23.1 Å². The highest BCUT2D eigenvalue weighted by Gasteiger charge is 2.24. The highest BCUT2D eigenvalue weighted by atomic mass is 19.1. The van der Waals surface area contributed by atoms with E-state index in [0.717, 1.165) is 32.0 Å². The number of rotatable bonds is 3. The quantitative estimate of drug-likeness (QED) is 0.864. The molecule has 1 N–H and O–H groups in total. The maximum absolute atomic E-state index is 13.7. The number of benzene rings is 1. The summed E-state index contributed by atoms with van der Waals surface area (Å²) >= 11 is 0. The van der Waals surface area contributed by atoms with Crippen molar-refractivity contribution in [2.45, 2.75) is 45.1 Å². The Morgan fingerprint density at radius 2 is 1.74 bits per heavy atom. The van der Waals surface area contributed by atoms with Gasteiger partial charge in [0.1, 0.15) is 11.4 Å². The summed E-state index contributed by atoms with van der Waals surface area (Å²) in [4.78, 5) is 9.60. The predicted molar refractivity (Wildman–Crippen MR) is 84.7 cm³/mol. The Balaban J connectivity index is 0.000000322. The van der Waals surface area contributed by atoms with Crippen LogP contribution in [0.4, 0.5) is 8.78 Å². The van der Waals surface area contributed by atoms with Crippen LogP contribution < -0.4 is 10.1 Å². The van der Waals surface area contributed by atoms with Gasteiger partial charge in [-0.15, -0.1) is 0 Å². The maximum atomic E-state index is 13.7. The lowest BCUT2D eigenvalue weighted by Crippen LogP contribution is -2.27. The Bertz CT molecular complexity index is 509. The molecule has 0 aromatic heterocycles. The highest BCUT2D eigenvalue weighted by Crippen LogP contribution is 2.36. The van der Waals surface area contributed by atoms with Gasteiger partial charge in [-0.3, -0.25) is 4.79 Å². The van der Waals surface area contributed by atoms with Crippen molar-refractivity contribution in [3.63, 3.8) is 0 Å². The number of ether oxygens (including phenoxy) is 2. The van der Waals surface area contributed by atoms with Crippen molar-refractivity contribution in [2.24, 2.45) is 0 Å². The van der Waals surface area contributed by atoms with Gasteiger partial charge in [-0.05, 0) is 64.8 Å². The number of nitrogens with one attached hydrogen (secondary N) is 1. The second-order valence-electron chi connectivity index (χ2n) is 6.33. The lowest BCUT2D eigenvalue weighted by molar-refractivity contribution is -0.138. The molecule has 1 fully saturated rings. The fourth-order valence-electron chi connectivity index (χ4n) is 2.39. The second-order valence-corrected chi connectivity index (χ2v) is 6.33. The van der Waals surface area contributed by atoms with E-state index in [1.807, 2.05) is 20.8 Å². The van der Waals surface area contributed by atoms with Gasteiger partial charge in [0.05, 0.1) is 7.11 Å². The van der Waals surface area contributed by atoms with Crippen LogP contribution in [-0.4, -0.2) is 32.3 Å². The molecule has 1 saturated heterocycles. The summed E-state index contributed by atoms with van der Waals surface area (Å²) in [6.07, 6.45) is 1.63. The summed E-state index contributed by atoms with van der Waals surface area (Å²) in [5, 5.41) is 3.20. The molecule has 0 aliphatic carbocycles. The first kappa shape index (κ1) is 19.4. The standard InChI is InChI=1S/C12H15F2NO.C5H10O2/c1-16-12-10(14)3-2-9(13)11(12)8-4-6-15-7-5-8;1-5(2,3)7-4-6/h2-3,8,15H,4-7H2,1H3;4H,1-3H3. The molecule has 4 nitrogen and oxygen atoms in total. The normalized spacial score (nSPS) is 15.4. The minimum atomic E-state index is -0.488. The number of carbonyl (C=O) groups excluding carboxylic acids is 1. The number of methoxy groups -OCH3 is 1. The molecule has 1 aliphatic heterocycles. The number of halogens is 2. The molecular weight excluding hydrogens is 304 g/mol. The molecule has 0 radical (unpaired) electrons. The van der Waals surface area contributed by atoms with Crippen LogP contribution in [0.2, 0.25) is 0 Å². The van der Waals surface area contributed by atoms with E-state index < -0.39 is 5.82 Å². The van der Waals surface area contributed by atoms with Crippen molar-refractivity contribution in [1.82, 2.24) is 5.32 Å². The molecule has 6 heteroatoms. The highest BCUT2D eigenvalue weighted by molar-refractivity contribution is 5.39. The van der Waals surface area contributed by atoms with Gasteiger partial charge in [-0.2, -0.15) is 0 Å². The van der Waals surface area contributed by atoms with Crippen molar-refractivity contribution in [3.05, 3.63) is 29.3 Å². The molecule has 1 heterocycles. The summed E-state index contributed by atoms with van der Waals surface area (Å²) in [5.74, 6) is -0.749. The molecule has 1 aromatic carbocycles. The molecule has 130 valence electrons. The van der Waals surface area contributed by atoms with E-state index in [1.54, 1.807) is 0 Å². The molecule has 0 bridgehead atoms. The lowest BCUT2D eigenvalue weighted by atomic mass is 9.89. The van der Waals surface area contributed by atoms with Crippen molar-refractivity contribution in [2.75, 3.05) is 20.2 Å². The Morgan fingerprint density at radius 3 is 2.17 bits per heavy atom. The van der Waals surface area contributed by atoms with Gasteiger partial charge in [0.2, 0.25) is 0 Å². The van der Waals surface area contributed by atoms with Gasteiger partial charge >= 0.3 is 0 Å². The van der Waals surface area contributed by atoms with E-state index in [0.29, 0.717) is 12.0 Å². The first-order chi connectivity index (χ1) is 10.8. The van der Waals surface area contributed by atoms with Crippen LogP contribution in [0.15, 0.2) is 12.1 Å². The zero-order valence-electron chi connectivity index (χ0n) is 14.1. The van der Waals surface area contributed by atoms with Gasteiger partial charge < -0.3 is 14.8 Å². The minimum absolute atomic E-state index is 0.0481. The van der Waals surface area contributed by atoms with E-state index in [1.165, 1.54) is 13.2 Å². The third-order valence-corrected chi connectivity index (χ3v) is 3.45. The first-order valence-corrected chi connectivity index (χ1v) is 7.64. The number of piperidine rings is 1. The predicted octanol–water partition coefficient (Wildman–Crippen LogP) is 3.40. The van der Waals surface area contributed by atoms with Crippen LogP contribution in [0.25, 0.3) is 0 Å². The van der Waals surface area contributed by atoms with Crippen LogP contribution in [0.5, 0.6) is 5.75 Å². The smallest absolute Gasteiger partial charge is 0.293 e. The lowest BCUT2D eigenvalue weighted by Gasteiger charge is -2.25. The summed E-state index contributed by atoms with van der Waals surface area (Å²) in [6, 6.07) is 2.29. The van der Waals surface area contributed by atoms with E-state index in [2.05, 4.69) is 10.1 Å². The van der Waals surface area contributed by atoms with Crippen LogP contribution in [0, 0.1) is 11.6 Å². The SMILES string of the molecule is CC(C)(C)OC=O.COc1c(F)ccc(F)c1C1CCNCC1. The molecule has 0 atom stereocenters. The average molecular weight is 329 g/mol. The van der Waals surface area contributed by atoms with Crippen LogP contribution >= 0.6 is 0 Å². The molecule has 0 saturated carbocycles. The van der Waals surface area contributed by atoms with Crippen LogP contribution in [-0.2, 0) is 9.53 Å². The largest absolute Gasteiger partial charge is 0.493 e. The monoisotopic (exact) mass is 329 g/mol. The molecule has 0 spiro atoms. The third kappa shape index (κ3) is 6.14. The Kier molecular flexibility index (Phi) is 7.42. The summed E-state index contributed by atoms with van der Waals surface area (Å²) in [6.45, 7) is 7.59. The van der Waals surface area contributed by atoms with Crippen molar-refractivity contribution >= 4 is 6.47 Å². The molecule has 0 amide bonds. The van der Waals surface area contributed by atoms with E-state index in [9.17, 15) is 13.6 Å². The van der Waals surface area contributed by atoms with Crippen LogP contribution in [0.3, 0.4) is 0 Å². The Morgan fingerprint density at radius 1 is 1.17 bits per heavy atom. The molecular formula is C17H25F2NO3. The summed E-state index contributed by atoms with van der Waals surface area (Å²) in [7, 11) is 1.38. The number of hydrogen-bond acceptors (Lipinski definition) is 4. The number of hydrogen-bond donors (Lipinski definition) is 1. The van der Waals surface area contributed by atoms with E-state index in [4.69, 9.17) is 4.74 Å². The molecule has 1 aromatic rings. The first-order valence-electron chi connectivity index (χ1n) is 7.64. The molecule has 1 aliphatic rings. The number of carbonyl (C=O) groups is 1. The third-order valence-electron chi connectivity index (χ3n) is 3.45. The topological polar surface area (TPSA) is 47.6 Å². The van der Waals surface area contributed by atoms with Crippen molar-refractivity contribution in [1.29, 1.82) is 0 Å². The zero-order valence-corrected chi connectivity index (χ0v) is 14.1. The van der Waals surface area contributed by atoms with Crippen LogP contribution in [0.1, 0.15) is 45.1 Å². The zero-order chi connectivity index (χ0) is 17.5. The molecule has 2 rings (SSSR count). The van der Waals surface area contributed by atoms with E-state index >= 15 is 0 Å². The maximum Gasteiger partial charge on any atom is 0.293 e. The Hall–Kier alpha value is -1.69. The fourth-order valence-corrected chi connectivity index (χ4v) is 2.39. The second kappa shape index (κ2) is 8.82. The van der Waals surface area contributed by atoms with Gasteiger partial charge in [-0.1, -0.05) is 0 Å². The fraction of sp³-hybridized carbons (Fsp3) is 0.588. The molecule has 23 heavy (non-hydrogen) atoms. The van der Waals surface area contributed by atoms with Gasteiger partial charge in [-0.25, -0.2) is 8.78 Å². The minimum Gasteiger partial charge on any atom is -0.493 e. The Labute approximate surface area is 136 Å². The van der Waals surface area contributed by atoms with Crippen molar-refractivity contribution in [3.8, 4) is 5.75 Å². The molecule has 0 unspecified atom stereocenters. The summed E-state index contributed by atoms with van der Waals surface area (Å²) < 4.78 is 36.7. The summed E-state index contributed by atoms with van der Waals surface area (Å²) in [5.41, 5.74) is 0.0749. The van der Waals surface area contributed by atoms with Gasteiger partial charge in [0.25, 0.3) is 6.47 Å².